The van der Waals surface area contributed by atoms with E-state index in [1.807, 2.05) is 24.3 Å². The van der Waals surface area contributed by atoms with Crippen LogP contribution in [0.1, 0.15) is 18.4 Å². The Balaban J connectivity index is 1.42. The van der Waals surface area contributed by atoms with Crippen molar-refractivity contribution in [2.45, 2.75) is 12.8 Å². The van der Waals surface area contributed by atoms with Gasteiger partial charge in [-0.3, -0.25) is 9.59 Å². The molecule has 0 unspecified atom stereocenters. The second kappa shape index (κ2) is 9.85. The molecule has 3 aromatic rings. The lowest BCUT2D eigenvalue weighted by Gasteiger charge is -2.15. The van der Waals surface area contributed by atoms with Gasteiger partial charge < -0.3 is 15.0 Å². The van der Waals surface area contributed by atoms with Gasteiger partial charge in [-0.1, -0.05) is 47.5 Å². The molecule has 0 radical (unpaired) electrons. The Morgan fingerprint density at radius 3 is 2.62 bits per heavy atom. The zero-order valence-corrected chi connectivity index (χ0v) is 18.4. The lowest BCUT2D eigenvalue weighted by atomic mass is 10.2. The van der Waals surface area contributed by atoms with Crippen LogP contribution in [0.5, 0.6) is 11.6 Å². The Morgan fingerprint density at radius 2 is 1.91 bits per heavy atom. The molecular formula is C24H19Cl2N3O3. The first-order valence-corrected chi connectivity index (χ1v) is 10.7. The van der Waals surface area contributed by atoms with Crippen LogP contribution in [0.25, 0.3) is 6.08 Å². The van der Waals surface area contributed by atoms with Crippen molar-refractivity contribution >= 4 is 52.5 Å². The van der Waals surface area contributed by atoms with Gasteiger partial charge in [-0.2, -0.15) is 0 Å². The zero-order valence-electron chi connectivity index (χ0n) is 16.9. The standard InChI is InChI=1S/C24H19Cl2N3O3/c25-17-14-19(26)24(27-15-17)32-21-5-2-1-4-20(21)28-22(30)12-9-16-7-10-18(11-8-16)29-13-3-6-23(29)31/h1-2,4-5,7-12,14-15H,3,6,13H2,(H,28,30)/b12-9+. The number of nitrogens with one attached hydrogen (secondary N) is 1. The summed E-state index contributed by atoms with van der Waals surface area (Å²) in [5.74, 6) is 0.397. The lowest BCUT2D eigenvalue weighted by molar-refractivity contribution is -0.117. The monoisotopic (exact) mass is 467 g/mol. The van der Waals surface area contributed by atoms with E-state index in [-0.39, 0.29) is 22.7 Å². The first-order valence-electron chi connectivity index (χ1n) is 9.97. The highest BCUT2D eigenvalue weighted by Gasteiger charge is 2.21. The van der Waals surface area contributed by atoms with Crippen LogP contribution in [0.2, 0.25) is 10.0 Å². The van der Waals surface area contributed by atoms with Gasteiger partial charge >= 0.3 is 0 Å². The van der Waals surface area contributed by atoms with E-state index in [0.717, 1.165) is 24.2 Å². The minimum absolute atomic E-state index is 0.142. The van der Waals surface area contributed by atoms with Gasteiger partial charge in [0, 0.05) is 30.9 Å². The van der Waals surface area contributed by atoms with Gasteiger partial charge in [0.1, 0.15) is 5.02 Å². The first kappa shape index (κ1) is 21.9. The van der Waals surface area contributed by atoms with Crippen LogP contribution in [-0.4, -0.2) is 23.3 Å². The Labute approximate surface area is 195 Å². The Hall–Kier alpha value is -3.35. The summed E-state index contributed by atoms with van der Waals surface area (Å²) in [7, 11) is 0. The summed E-state index contributed by atoms with van der Waals surface area (Å²) in [5, 5.41) is 3.45. The Kier molecular flexibility index (Phi) is 6.73. The molecule has 0 bridgehead atoms. The predicted octanol–water partition coefficient (Wildman–Crippen LogP) is 5.96. The molecule has 1 saturated heterocycles. The molecule has 6 nitrogen and oxygen atoms in total. The van der Waals surface area contributed by atoms with Crippen molar-refractivity contribution in [3.05, 3.63) is 82.5 Å². The number of anilines is 2. The van der Waals surface area contributed by atoms with E-state index in [1.54, 1.807) is 35.2 Å². The fourth-order valence-electron chi connectivity index (χ4n) is 3.27. The molecule has 0 aliphatic carbocycles. The molecule has 1 aromatic heterocycles. The van der Waals surface area contributed by atoms with Crippen molar-refractivity contribution in [2.24, 2.45) is 0 Å². The number of pyridine rings is 1. The van der Waals surface area contributed by atoms with E-state index in [2.05, 4.69) is 10.3 Å². The maximum atomic E-state index is 12.5. The number of hydrogen-bond acceptors (Lipinski definition) is 4. The van der Waals surface area contributed by atoms with Crippen molar-refractivity contribution in [3.63, 3.8) is 0 Å². The molecule has 1 N–H and O–H groups in total. The second-order valence-electron chi connectivity index (χ2n) is 7.10. The van der Waals surface area contributed by atoms with Crippen molar-refractivity contribution in [1.82, 2.24) is 4.98 Å². The number of benzene rings is 2. The third kappa shape index (κ3) is 5.28. The highest BCUT2D eigenvalue weighted by Crippen LogP contribution is 2.33. The molecule has 2 amide bonds. The van der Waals surface area contributed by atoms with Gasteiger partial charge in [-0.15, -0.1) is 0 Å². The second-order valence-corrected chi connectivity index (χ2v) is 7.95. The van der Waals surface area contributed by atoms with E-state index in [1.165, 1.54) is 18.3 Å². The number of amides is 2. The van der Waals surface area contributed by atoms with Gasteiger partial charge in [0.25, 0.3) is 0 Å². The van der Waals surface area contributed by atoms with Gasteiger partial charge in [0.2, 0.25) is 17.7 Å². The summed E-state index contributed by atoms with van der Waals surface area (Å²) in [6, 6.07) is 16.0. The third-order valence-electron chi connectivity index (χ3n) is 4.83. The van der Waals surface area contributed by atoms with Crippen LogP contribution in [0.3, 0.4) is 0 Å². The maximum absolute atomic E-state index is 12.5. The maximum Gasteiger partial charge on any atom is 0.248 e. The minimum Gasteiger partial charge on any atom is -0.435 e. The predicted molar refractivity (Wildman–Crippen MR) is 126 cm³/mol. The fraction of sp³-hybridized carbons (Fsp3) is 0.125. The molecule has 32 heavy (non-hydrogen) atoms. The van der Waals surface area contributed by atoms with Gasteiger partial charge in [-0.25, -0.2) is 4.98 Å². The lowest BCUT2D eigenvalue weighted by Crippen LogP contribution is -2.23. The number of rotatable bonds is 6. The zero-order chi connectivity index (χ0) is 22.5. The summed E-state index contributed by atoms with van der Waals surface area (Å²) >= 11 is 12.0. The van der Waals surface area contributed by atoms with Crippen molar-refractivity contribution in [1.29, 1.82) is 0 Å². The SMILES string of the molecule is O=C(/C=C/c1ccc(N2CCCC2=O)cc1)Nc1ccccc1Oc1ncc(Cl)cc1Cl. The normalized spacial score (nSPS) is 13.6. The van der Waals surface area contributed by atoms with Gasteiger partial charge in [0.05, 0.1) is 10.7 Å². The minimum atomic E-state index is -0.324. The van der Waals surface area contributed by atoms with E-state index in [0.29, 0.717) is 22.9 Å². The molecular weight excluding hydrogens is 449 g/mol. The molecule has 1 aliphatic rings. The van der Waals surface area contributed by atoms with E-state index >= 15 is 0 Å². The molecule has 8 heteroatoms. The van der Waals surface area contributed by atoms with Gasteiger partial charge in [0.15, 0.2) is 5.75 Å². The largest absolute Gasteiger partial charge is 0.435 e. The van der Waals surface area contributed by atoms with E-state index < -0.39 is 0 Å². The number of hydrogen-bond donors (Lipinski definition) is 1. The summed E-state index contributed by atoms with van der Waals surface area (Å²) < 4.78 is 5.76. The summed E-state index contributed by atoms with van der Waals surface area (Å²) in [4.78, 5) is 30.2. The molecule has 2 aromatic carbocycles. The van der Waals surface area contributed by atoms with Crippen LogP contribution >= 0.6 is 23.2 Å². The first-order chi connectivity index (χ1) is 15.5. The van der Waals surface area contributed by atoms with Crippen LogP contribution in [-0.2, 0) is 9.59 Å². The van der Waals surface area contributed by atoms with Crippen LogP contribution in [0, 0.1) is 0 Å². The topological polar surface area (TPSA) is 71.5 Å². The fourth-order valence-corrected chi connectivity index (χ4v) is 3.69. The molecule has 1 fully saturated rings. The van der Waals surface area contributed by atoms with Crippen LogP contribution in [0.4, 0.5) is 11.4 Å². The molecule has 2 heterocycles. The molecule has 0 spiro atoms. The molecule has 1 aliphatic heterocycles. The van der Waals surface area contributed by atoms with E-state index in [4.69, 9.17) is 27.9 Å². The Bertz CT molecular complexity index is 1180. The number of nitrogens with zero attached hydrogens (tertiary/aromatic N) is 2. The van der Waals surface area contributed by atoms with E-state index in [9.17, 15) is 9.59 Å². The van der Waals surface area contributed by atoms with Crippen LogP contribution in [0.15, 0.2) is 66.9 Å². The molecule has 4 rings (SSSR count). The number of halogens is 2. The Morgan fingerprint density at radius 1 is 1.12 bits per heavy atom. The van der Waals surface area contributed by atoms with Crippen molar-refractivity contribution in [2.75, 3.05) is 16.8 Å². The molecule has 162 valence electrons. The van der Waals surface area contributed by atoms with Crippen molar-refractivity contribution < 1.29 is 14.3 Å². The third-order valence-corrected chi connectivity index (χ3v) is 5.31. The average Bonchev–Trinajstić information content (AvgIpc) is 3.22. The number of aromatic nitrogens is 1. The molecule has 0 saturated carbocycles. The summed E-state index contributed by atoms with van der Waals surface area (Å²) in [6.07, 6.45) is 6.03. The van der Waals surface area contributed by atoms with Gasteiger partial charge in [-0.05, 0) is 48.4 Å². The molecule has 0 atom stereocenters. The number of para-hydroxylation sites is 2. The number of ether oxygens (including phenoxy) is 1. The quantitative estimate of drug-likeness (QED) is 0.454. The number of carbonyl (C=O) groups is 2. The smallest absolute Gasteiger partial charge is 0.248 e. The summed E-state index contributed by atoms with van der Waals surface area (Å²) in [5.41, 5.74) is 2.18. The highest BCUT2D eigenvalue weighted by molar-refractivity contribution is 6.35. The average molecular weight is 468 g/mol. The number of carbonyl (C=O) groups excluding carboxylic acids is 2. The highest BCUT2D eigenvalue weighted by atomic mass is 35.5. The van der Waals surface area contributed by atoms with Crippen LogP contribution < -0.4 is 15.0 Å². The summed E-state index contributed by atoms with van der Waals surface area (Å²) in [6.45, 7) is 0.745. The van der Waals surface area contributed by atoms with Crippen molar-refractivity contribution in [3.8, 4) is 11.6 Å².